The first kappa shape index (κ1) is 27.6. The molecule has 10 heteroatoms. The van der Waals surface area contributed by atoms with E-state index in [-0.39, 0.29) is 17.8 Å². The summed E-state index contributed by atoms with van der Waals surface area (Å²) in [5.41, 5.74) is 0.168. The molecular weight excluding hydrogens is 508 g/mol. The van der Waals surface area contributed by atoms with E-state index in [9.17, 15) is 9.90 Å². The Hall–Kier alpha value is -2.99. The van der Waals surface area contributed by atoms with Gasteiger partial charge in [-0.05, 0) is 18.2 Å². The van der Waals surface area contributed by atoms with Crippen LogP contribution >= 0.6 is 0 Å². The lowest BCUT2D eigenvalue weighted by molar-refractivity contribution is 0.0318. The van der Waals surface area contributed by atoms with Crippen molar-refractivity contribution in [3.05, 3.63) is 48.0 Å². The standard InChI is InChI=1S/C29H34O10/c30-29(31)20-5-6-25-26(15-20)28(37-14-12-33-8-10-35-17-22-19-39-22)24-4-2-1-3-23(24)27(25)36-13-11-32-7-9-34-16-21-18-38-21/h1-6,15,21-22H,7-14,16-19H2,(H,30,31). The fourth-order valence-electron chi connectivity index (χ4n) is 4.15. The fourth-order valence-corrected chi connectivity index (χ4v) is 4.15. The highest BCUT2D eigenvalue weighted by Gasteiger charge is 2.23. The maximum absolute atomic E-state index is 11.8. The maximum atomic E-state index is 11.8. The third-order valence-electron chi connectivity index (χ3n) is 6.28. The van der Waals surface area contributed by atoms with E-state index in [4.69, 9.17) is 37.9 Å². The van der Waals surface area contributed by atoms with E-state index >= 15 is 0 Å². The fraction of sp³-hybridized carbons (Fsp3) is 0.483. The van der Waals surface area contributed by atoms with Crippen LogP contribution in [0.2, 0.25) is 0 Å². The number of aromatic carboxylic acids is 1. The minimum Gasteiger partial charge on any atom is -0.490 e. The highest BCUT2D eigenvalue weighted by Crippen LogP contribution is 2.43. The van der Waals surface area contributed by atoms with Crippen LogP contribution in [-0.2, 0) is 28.4 Å². The van der Waals surface area contributed by atoms with Crippen LogP contribution in [-0.4, -0.2) is 103 Å². The lowest BCUT2D eigenvalue weighted by Gasteiger charge is -2.18. The Morgan fingerprint density at radius 1 is 0.667 bits per heavy atom. The summed E-state index contributed by atoms with van der Waals surface area (Å²) < 4.78 is 44.9. The van der Waals surface area contributed by atoms with E-state index in [1.807, 2.05) is 24.3 Å². The number of rotatable bonds is 19. The molecule has 3 aromatic rings. The molecule has 0 saturated carbocycles. The van der Waals surface area contributed by atoms with Crippen LogP contribution < -0.4 is 9.47 Å². The van der Waals surface area contributed by atoms with Gasteiger partial charge in [0.15, 0.2) is 0 Å². The largest absolute Gasteiger partial charge is 0.490 e. The summed E-state index contributed by atoms with van der Waals surface area (Å²) in [5.74, 6) is 0.237. The Kier molecular flexibility index (Phi) is 9.81. The minimum absolute atomic E-state index is 0.168. The SMILES string of the molecule is O=C(O)c1ccc2c(OCCOCCOCC3CO3)c3ccccc3c(OCCOCCOCC3CO3)c2c1. The first-order valence-electron chi connectivity index (χ1n) is 13.2. The number of hydrogen-bond donors (Lipinski definition) is 1. The number of carboxylic acid groups (broad SMARTS) is 1. The number of epoxide rings is 2. The Morgan fingerprint density at radius 2 is 1.13 bits per heavy atom. The van der Waals surface area contributed by atoms with Gasteiger partial charge in [0, 0.05) is 21.5 Å². The van der Waals surface area contributed by atoms with Gasteiger partial charge in [-0.1, -0.05) is 24.3 Å². The van der Waals surface area contributed by atoms with Crippen LogP contribution in [0.5, 0.6) is 11.5 Å². The van der Waals surface area contributed by atoms with Gasteiger partial charge in [0.1, 0.15) is 36.9 Å². The maximum Gasteiger partial charge on any atom is 0.335 e. The van der Waals surface area contributed by atoms with Crippen LogP contribution in [0.1, 0.15) is 10.4 Å². The van der Waals surface area contributed by atoms with Crippen molar-refractivity contribution in [1.82, 2.24) is 0 Å². The van der Waals surface area contributed by atoms with Crippen molar-refractivity contribution < 1.29 is 47.8 Å². The molecule has 2 aliphatic rings. The molecule has 5 rings (SSSR count). The smallest absolute Gasteiger partial charge is 0.335 e. The van der Waals surface area contributed by atoms with Crippen LogP contribution in [0.3, 0.4) is 0 Å². The molecule has 0 radical (unpaired) electrons. The van der Waals surface area contributed by atoms with E-state index in [1.165, 1.54) is 0 Å². The molecule has 2 saturated heterocycles. The van der Waals surface area contributed by atoms with E-state index in [1.54, 1.807) is 18.2 Å². The van der Waals surface area contributed by atoms with Crippen molar-refractivity contribution in [2.75, 3.05) is 79.3 Å². The quantitative estimate of drug-likeness (QED) is 0.137. The summed E-state index contributed by atoms with van der Waals surface area (Å²) >= 11 is 0. The van der Waals surface area contributed by atoms with E-state index < -0.39 is 5.97 Å². The summed E-state index contributed by atoms with van der Waals surface area (Å²) in [7, 11) is 0. The first-order valence-corrected chi connectivity index (χ1v) is 13.2. The summed E-state index contributed by atoms with van der Waals surface area (Å²) in [6.45, 7) is 6.03. The van der Waals surface area contributed by atoms with Crippen molar-refractivity contribution in [1.29, 1.82) is 0 Å². The molecule has 0 bridgehead atoms. The zero-order chi connectivity index (χ0) is 26.9. The second kappa shape index (κ2) is 13.9. The van der Waals surface area contributed by atoms with Crippen LogP contribution in [0.25, 0.3) is 21.5 Å². The molecule has 0 amide bonds. The van der Waals surface area contributed by atoms with Crippen LogP contribution in [0, 0.1) is 0 Å². The Balaban J connectivity index is 1.24. The highest BCUT2D eigenvalue weighted by atomic mass is 16.6. The predicted octanol–water partition coefficient (Wildman–Crippen LogP) is 3.31. The van der Waals surface area contributed by atoms with Crippen LogP contribution in [0.4, 0.5) is 0 Å². The average molecular weight is 543 g/mol. The summed E-state index contributed by atoms with van der Waals surface area (Å²) in [5, 5.41) is 12.7. The molecule has 0 aromatic heterocycles. The molecule has 2 aliphatic heterocycles. The van der Waals surface area contributed by atoms with Crippen LogP contribution in [0.15, 0.2) is 42.5 Å². The van der Waals surface area contributed by atoms with Crippen molar-refractivity contribution in [2.45, 2.75) is 12.2 Å². The summed E-state index contributed by atoms with van der Waals surface area (Å²) in [6.07, 6.45) is 0.473. The number of benzene rings is 3. The van der Waals surface area contributed by atoms with Gasteiger partial charge in [-0.25, -0.2) is 4.79 Å². The van der Waals surface area contributed by atoms with E-state index in [0.29, 0.717) is 83.0 Å². The predicted molar refractivity (Wildman–Crippen MR) is 142 cm³/mol. The van der Waals surface area contributed by atoms with Gasteiger partial charge in [0.2, 0.25) is 0 Å². The molecule has 0 spiro atoms. The van der Waals surface area contributed by atoms with E-state index in [2.05, 4.69) is 0 Å². The van der Waals surface area contributed by atoms with Gasteiger partial charge in [0.05, 0.1) is 71.6 Å². The van der Waals surface area contributed by atoms with Gasteiger partial charge in [-0.2, -0.15) is 0 Å². The molecule has 1 N–H and O–H groups in total. The number of carbonyl (C=O) groups is 1. The first-order chi connectivity index (χ1) is 19.2. The molecule has 39 heavy (non-hydrogen) atoms. The molecular formula is C29H34O10. The van der Waals surface area contributed by atoms with Crippen molar-refractivity contribution >= 4 is 27.5 Å². The minimum atomic E-state index is -1.01. The second-order valence-electron chi connectivity index (χ2n) is 9.25. The van der Waals surface area contributed by atoms with Crippen molar-refractivity contribution in [2.24, 2.45) is 0 Å². The average Bonchev–Trinajstić information content (AvgIpc) is 3.88. The lowest BCUT2D eigenvalue weighted by Crippen LogP contribution is -2.13. The highest BCUT2D eigenvalue weighted by molar-refractivity contribution is 6.12. The summed E-state index contributed by atoms with van der Waals surface area (Å²) in [4.78, 5) is 11.8. The third kappa shape index (κ3) is 8.01. The van der Waals surface area contributed by atoms with Gasteiger partial charge in [-0.15, -0.1) is 0 Å². The molecule has 2 unspecified atom stereocenters. The Morgan fingerprint density at radius 3 is 1.64 bits per heavy atom. The lowest BCUT2D eigenvalue weighted by atomic mass is 9.98. The normalized spacial score (nSPS) is 17.9. The van der Waals surface area contributed by atoms with Gasteiger partial charge in [0.25, 0.3) is 0 Å². The van der Waals surface area contributed by atoms with Gasteiger partial charge >= 0.3 is 5.97 Å². The topological polar surface area (TPSA) is 118 Å². The summed E-state index contributed by atoms with van der Waals surface area (Å²) in [6, 6.07) is 12.7. The van der Waals surface area contributed by atoms with Crippen molar-refractivity contribution in [3.63, 3.8) is 0 Å². The number of fused-ring (bicyclic) bond motifs is 2. The van der Waals surface area contributed by atoms with Gasteiger partial charge < -0.3 is 43.0 Å². The zero-order valence-electron chi connectivity index (χ0n) is 21.8. The molecule has 2 heterocycles. The molecule has 2 atom stereocenters. The number of hydrogen-bond acceptors (Lipinski definition) is 9. The number of ether oxygens (including phenoxy) is 8. The molecule has 2 fully saturated rings. The van der Waals surface area contributed by atoms with E-state index in [0.717, 1.165) is 29.4 Å². The molecule has 3 aromatic carbocycles. The second-order valence-corrected chi connectivity index (χ2v) is 9.25. The zero-order valence-corrected chi connectivity index (χ0v) is 21.8. The molecule has 10 nitrogen and oxygen atoms in total. The van der Waals surface area contributed by atoms with Gasteiger partial charge in [-0.3, -0.25) is 0 Å². The third-order valence-corrected chi connectivity index (χ3v) is 6.28. The Bertz CT molecular complexity index is 1240. The monoisotopic (exact) mass is 542 g/mol. The molecule has 210 valence electrons. The Labute approximate surface area is 226 Å². The van der Waals surface area contributed by atoms with Crippen molar-refractivity contribution in [3.8, 4) is 11.5 Å². The molecule has 0 aliphatic carbocycles. The number of carboxylic acids is 1.